The molecule has 1 aromatic rings. The second-order valence-electron chi connectivity index (χ2n) is 4.75. The number of aromatic nitrogens is 2. The van der Waals surface area contributed by atoms with E-state index in [1.54, 1.807) is 17.9 Å². The van der Waals surface area contributed by atoms with Crippen LogP contribution in [0.4, 0.5) is 5.69 Å². The van der Waals surface area contributed by atoms with Gasteiger partial charge in [0.2, 0.25) is 5.91 Å². The average molecular weight is 281 g/mol. The van der Waals surface area contributed by atoms with Crippen LogP contribution < -0.4 is 11.1 Å². The zero-order valence-corrected chi connectivity index (χ0v) is 12.5. The van der Waals surface area contributed by atoms with Crippen LogP contribution in [0.2, 0.25) is 0 Å². The minimum absolute atomic E-state index is 0.0676. The Bertz CT molecular complexity index is 503. The highest BCUT2D eigenvalue weighted by atomic mass is 16.4. The van der Waals surface area contributed by atoms with Crippen molar-refractivity contribution in [3.05, 3.63) is 11.9 Å². The largest absolute Gasteiger partial charge is 0.409 e. The summed E-state index contributed by atoms with van der Waals surface area (Å²) in [6.45, 7) is 5.64. The summed E-state index contributed by atoms with van der Waals surface area (Å²) in [5.41, 5.74) is 6.19. The van der Waals surface area contributed by atoms with Crippen molar-refractivity contribution in [3.63, 3.8) is 0 Å². The third-order valence-corrected chi connectivity index (χ3v) is 3.73. The molecule has 0 fully saturated rings. The van der Waals surface area contributed by atoms with Crippen LogP contribution in [-0.2, 0) is 18.3 Å². The number of carbonyl (C=O) groups is 1. The lowest BCUT2D eigenvalue weighted by Gasteiger charge is -2.28. The summed E-state index contributed by atoms with van der Waals surface area (Å²) in [4.78, 5) is 12.6. The molecule has 0 radical (unpaired) electrons. The fraction of sp³-hybridized carbons (Fsp3) is 0.615. The first-order chi connectivity index (χ1) is 9.44. The number of carbonyl (C=O) groups excluding carboxylic acids is 1. The van der Waals surface area contributed by atoms with Crippen LogP contribution in [0.15, 0.2) is 11.4 Å². The number of nitrogens with zero attached hydrogens (tertiary/aromatic N) is 3. The minimum Gasteiger partial charge on any atom is -0.409 e. The summed E-state index contributed by atoms with van der Waals surface area (Å²) in [5.74, 6) is -0.345. The molecule has 1 heterocycles. The van der Waals surface area contributed by atoms with Gasteiger partial charge in [0.1, 0.15) is 5.41 Å². The summed E-state index contributed by atoms with van der Waals surface area (Å²) in [6.07, 6.45) is 3.37. The number of amidine groups is 1. The van der Waals surface area contributed by atoms with Gasteiger partial charge in [-0.05, 0) is 19.3 Å². The van der Waals surface area contributed by atoms with E-state index in [1.807, 2.05) is 20.8 Å². The molecule has 0 spiro atoms. The zero-order valence-electron chi connectivity index (χ0n) is 12.5. The van der Waals surface area contributed by atoms with Crippen LogP contribution in [0.25, 0.3) is 0 Å². The Hall–Kier alpha value is -2.05. The van der Waals surface area contributed by atoms with Gasteiger partial charge in [-0.2, -0.15) is 5.10 Å². The van der Waals surface area contributed by atoms with Crippen LogP contribution in [0.5, 0.6) is 0 Å². The van der Waals surface area contributed by atoms with Gasteiger partial charge in [-0.1, -0.05) is 25.9 Å². The third-order valence-electron chi connectivity index (χ3n) is 3.73. The van der Waals surface area contributed by atoms with E-state index < -0.39 is 5.41 Å². The van der Waals surface area contributed by atoms with Gasteiger partial charge in [0.15, 0.2) is 5.84 Å². The molecule has 112 valence electrons. The van der Waals surface area contributed by atoms with E-state index in [0.29, 0.717) is 24.9 Å². The van der Waals surface area contributed by atoms with Gasteiger partial charge in [0, 0.05) is 13.2 Å². The molecule has 1 aromatic heterocycles. The van der Waals surface area contributed by atoms with Gasteiger partial charge in [0.05, 0.1) is 11.4 Å². The smallest absolute Gasteiger partial charge is 0.238 e. The van der Waals surface area contributed by atoms with Crippen molar-refractivity contribution in [3.8, 4) is 0 Å². The van der Waals surface area contributed by atoms with Gasteiger partial charge in [-0.15, -0.1) is 0 Å². The van der Waals surface area contributed by atoms with Gasteiger partial charge in [-0.25, -0.2) is 0 Å². The molecule has 7 nitrogen and oxygen atoms in total. The van der Waals surface area contributed by atoms with Gasteiger partial charge >= 0.3 is 0 Å². The van der Waals surface area contributed by atoms with Crippen molar-refractivity contribution in [2.24, 2.45) is 23.4 Å². The van der Waals surface area contributed by atoms with Crippen molar-refractivity contribution in [2.75, 3.05) is 5.32 Å². The molecule has 1 rings (SSSR count). The Morgan fingerprint density at radius 3 is 2.55 bits per heavy atom. The molecule has 0 atom stereocenters. The summed E-state index contributed by atoms with van der Waals surface area (Å²) in [5, 5.41) is 19.1. The number of aryl methyl sites for hydroxylation is 2. The Labute approximate surface area is 118 Å². The predicted molar refractivity (Wildman–Crippen MR) is 77.6 cm³/mol. The molecule has 0 aliphatic carbocycles. The second kappa shape index (κ2) is 6.40. The second-order valence-corrected chi connectivity index (χ2v) is 4.75. The number of oxime groups is 1. The minimum atomic E-state index is -1.00. The van der Waals surface area contributed by atoms with Crippen LogP contribution >= 0.6 is 0 Å². The number of rotatable bonds is 6. The Balaban J connectivity index is 3.09. The number of nitrogens with one attached hydrogen (secondary N) is 1. The first-order valence-electron chi connectivity index (χ1n) is 6.77. The monoisotopic (exact) mass is 281 g/mol. The standard InChI is InChI=1S/C13H23N5O2/c1-5-9-10(8-18(4)16-9)15-12(19)13(6-2,7-3)11(14)17-20/h8,20H,5-7H2,1-4H3,(H2,14,17)(H,15,19). The summed E-state index contributed by atoms with van der Waals surface area (Å²) >= 11 is 0. The highest BCUT2D eigenvalue weighted by molar-refractivity contribution is 6.11. The molecule has 0 aliphatic heterocycles. The van der Waals surface area contributed by atoms with Gasteiger partial charge in [-0.3, -0.25) is 9.48 Å². The van der Waals surface area contributed by atoms with Crippen LogP contribution in [-0.4, -0.2) is 26.7 Å². The molecule has 0 bridgehead atoms. The van der Waals surface area contributed by atoms with E-state index in [0.717, 1.165) is 5.69 Å². The molecule has 20 heavy (non-hydrogen) atoms. The fourth-order valence-electron chi connectivity index (χ4n) is 2.29. The predicted octanol–water partition coefficient (Wildman–Crippen LogP) is 1.47. The molecule has 0 unspecified atom stereocenters. The summed E-state index contributed by atoms with van der Waals surface area (Å²) < 4.78 is 1.65. The molecule has 1 amide bonds. The average Bonchev–Trinajstić information content (AvgIpc) is 2.80. The number of nitrogens with two attached hydrogens (primary N) is 1. The zero-order chi connectivity index (χ0) is 15.3. The Morgan fingerprint density at radius 2 is 2.10 bits per heavy atom. The topological polar surface area (TPSA) is 106 Å². The van der Waals surface area contributed by atoms with Gasteiger partial charge < -0.3 is 16.3 Å². The Morgan fingerprint density at radius 1 is 1.50 bits per heavy atom. The highest BCUT2D eigenvalue weighted by Crippen LogP contribution is 2.29. The summed E-state index contributed by atoms with van der Waals surface area (Å²) in [6, 6.07) is 0. The van der Waals surface area contributed by atoms with E-state index in [2.05, 4.69) is 15.6 Å². The van der Waals surface area contributed by atoms with Gasteiger partial charge in [0.25, 0.3) is 0 Å². The molecule has 0 saturated heterocycles. The first-order valence-corrected chi connectivity index (χ1v) is 6.77. The molecular weight excluding hydrogens is 258 g/mol. The van der Waals surface area contributed by atoms with E-state index >= 15 is 0 Å². The van der Waals surface area contributed by atoms with Crippen molar-refractivity contribution in [1.29, 1.82) is 0 Å². The van der Waals surface area contributed by atoms with Crippen molar-refractivity contribution >= 4 is 17.4 Å². The lowest BCUT2D eigenvalue weighted by atomic mass is 9.80. The lowest BCUT2D eigenvalue weighted by molar-refractivity contribution is -0.122. The molecular formula is C13H23N5O2. The SMILES string of the molecule is CCc1nn(C)cc1NC(=O)C(CC)(CC)/C(N)=N/O. The molecule has 7 heteroatoms. The van der Waals surface area contributed by atoms with Crippen molar-refractivity contribution < 1.29 is 10.0 Å². The molecule has 0 saturated carbocycles. The maximum atomic E-state index is 12.6. The fourth-order valence-corrected chi connectivity index (χ4v) is 2.29. The number of amides is 1. The number of hydrogen-bond donors (Lipinski definition) is 3. The van der Waals surface area contributed by atoms with E-state index in [9.17, 15) is 4.79 Å². The molecule has 4 N–H and O–H groups in total. The summed E-state index contributed by atoms with van der Waals surface area (Å²) in [7, 11) is 1.80. The van der Waals surface area contributed by atoms with Crippen molar-refractivity contribution in [1.82, 2.24) is 9.78 Å². The van der Waals surface area contributed by atoms with E-state index in [1.165, 1.54) is 0 Å². The highest BCUT2D eigenvalue weighted by Gasteiger charge is 2.40. The molecule has 0 aromatic carbocycles. The number of hydrogen-bond acceptors (Lipinski definition) is 4. The Kier molecular flexibility index (Phi) is 5.12. The maximum Gasteiger partial charge on any atom is 0.238 e. The number of anilines is 1. The quantitative estimate of drug-likeness (QED) is 0.318. The normalized spacial score (nSPS) is 12.5. The van der Waals surface area contributed by atoms with Crippen molar-refractivity contribution in [2.45, 2.75) is 40.0 Å². The first kappa shape index (κ1) is 16.0. The van der Waals surface area contributed by atoms with Crippen LogP contribution in [0.3, 0.4) is 0 Å². The maximum absolute atomic E-state index is 12.6. The molecule has 0 aliphatic rings. The van der Waals surface area contributed by atoms with Crippen LogP contribution in [0, 0.1) is 5.41 Å². The lowest BCUT2D eigenvalue weighted by Crippen LogP contribution is -2.46. The van der Waals surface area contributed by atoms with E-state index in [4.69, 9.17) is 10.9 Å². The third kappa shape index (κ3) is 2.76. The van der Waals surface area contributed by atoms with Crippen LogP contribution in [0.1, 0.15) is 39.3 Å². The van der Waals surface area contributed by atoms with E-state index in [-0.39, 0.29) is 11.7 Å².